The largest absolute Gasteiger partial charge is 0.396 e. The molecule has 0 spiro atoms. The van der Waals surface area contributed by atoms with Crippen molar-refractivity contribution in [1.29, 1.82) is 0 Å². The van der Waals surface area contributed by atoms with Crippen molar-refractivity contribution in [3.8, 4) is 0 Å². The van der Waals surface area contributed by atoms with E-state index in [9.17, 15) is 5.11 Å². The Balaban J connectivity index is 3.92. The second-order valence-electron chi connectivity index (χ2n) is 3.34. The van der Waals surface area contributed by atoms with Crippen LogP contribution in [0.15, 0.2) is 11.0 Å². The lowest BCUT2D eigenvalue weighted by Crippen LogP contribution is -2.21. The molecule has 78 valence electrons. The van der Waals surface area contributed by atoms with Crippen molar-refractivity contribution in [3.63, 3.8) is 0 Å². The molecule has 0 rings (SSSR count). The normalized spacial score (nSPS) is 17.2. The summed E-state index contributed by atoms with van der Waals surface area (Å²) in [6.07, 6.45) is 0.634. The van der Waals surface area contributed by atoms with Gasteiger partial charge in [-0.3, -0.25) is 0 Å². The molecule has 0 amide bonds. The maximum Gasteiger partial charge on any atom is 0.0802 e. The zero-order chi connectivity index (χ0) is 10.3. The molecule has 0 aromatic heterocycles. The first-order valence-electron chi connectivity index (χ1n) is 4.70. The summed E-state index contributed by atoms with van der Waals surface area (Å²) in [7, 11) is 0. The Labute approximate surface area is 85.0 Å². The Morgan fingerprint density at radius 3 is 2.62 bits per heavy atom. The van der Waals surface area contributed by atoms with Crippen molar-refractivity contribution < 1.29 is 10.2 Å². The monoisotopic (exact) mass is 204 g/mol. The molecule has 0 aliphatic rings. The third kappa shape index (κ3) is 5.34. The molecule has 2 N–H and O–H groups in total. The van der Waals surface area contributed by atoms with Crippen LogP contribution in [0.3, 0.4) is 0 Å². The number of aliphatic hydroxyl groups is 2. The van der Waals surface area contributed by atoms with Gasteiger partial charge in [-0.05, 0) is 30.1 Å². The standard InChI is InChI=1S/C10H20O2S/c1-4-5-13-7-9(3)10(12)8(2)6-11/h7-8,10-12H,4-6H2,1-3H3/b9-7+/t8-,10+/m1/s1. The summed E-state index contributed by atoms with van der Waals surface area (Å²) >= 11 is 1.71. The number of rotatable bonds is 6. The van der Waals surface area contributed by atoms with Crippen LogP contribution in [0, 0.1) is 5.92 Å². The van der Waals surface area contributed by atoms with E-state index in [4.69, 9.17) is 5.11 Å². The molecule has 0 saturated heterocycles. The predicted octanol–water partition coefficient (Wildman–Crippen LogP) is 2.02. The number of hydrogen-bond acceptors (Lipinski definition) is 3. The van der Waals surface area contributed by atoms with Crippen LogP contribution in [0.4, 0.5) is 0 Å². The minimum atomic E-state index is -0.505. The molecule has 2 nitrogen and oxygen atoms in total. The van der Waals surface area contributed by atoms with Crippen LogP contribution >= 0.6 is 11.8 Å². The van der Waals surface area contributed by atoms with Gasteiger partial charge in [0.2, 0.25) is 0 Å². The number of thioether (sulfide) groups is 1. The van der Waals surface area contributed by atoms with E-state index in [1.54, 1.807) is 11.8 Å². The Morgan fingerprint density at radius 2 is 2.15 bits per heavy atom. The Bertz CT molecular complexity index is 157. The van der Waals surface area contributed by atoms with Gasteiger partial charge in [-0.1, -0.05) is 13.8 Å². The quantitative estimate of drug-likeness (QED) is 0.650. The van der Waals surface area contributed by atoms with Crippen molar-refractivity contribution in [1.82, 2.24) is 0 Å². The van der Waals surface area contributed by atoms with E-state index in [0.717, 1.165) is 17.7 Å². The van der Waals surface area contributed by atoms with Gasteiger partial charge in [0.1, 0.15) is 0 Å². The Hall–Kier alpha value is 0.01000. The summed E-state index contributed by atoms with van der Waals surface area (Å²) in [6, 6.07) is 0. The van der Waals surface area contributed by atoms with Gasteiger partial charge in [-0.2, -0.15) is 0 Å². The molecule has 0 aliphatic heterocycles. The minimum absolute atomic E-state index is 0.0325. The van der Waals surface area contributed by atoms with Gasteiger partial charge in [-0.15, -0.1) is 11.8 Å². The predicted molar refractivity (Wildman–Crippen MR) is 58.8 cm³/mol. The van der Waals surface area contributed by atoms with Crippen LogP contribution in [0.5, 0.6) is 0 Å². The SMILES string of the molecule is CCCS/C=C(\C)[C@@H](O)[C@H](C)CO. The van der Waals surface area contributed by atoms with E-state index in [1.807, 2.05) is 19.3 Å². The molecule has 2 atom stereocenters. The van der Waals surface area contributed by atoms with Gasteiger partial charge in [0.05, 0.1) is 6.10 Å². The average Bonchev–Trinajstić information content (AvgIpc) is 2.15. The lowest BCUT2D eigenvalue weighted by molar-refractivity contribution is 0.103. The second kappa shape index (κ2) is 7.42. The number of hydrogen-bond donors (Lipinski definition) is 2. The summed E-state index contributed by atoms with van der Waals surface area (Å²) in [6.45, 7) is 5.90. The van der Waals surface area contributed by atoms with Crippen molar-refractivity contribution in [3.05, 3.63) is 11.0 Å². The summed E-state index contributed by atoms with van der Waals surface area (Å²) in [4.78, 5) is 0. The van der Waals surface area contributed by atoms with Gasteiger partial charge in [0.15, 0.2) is 0 Å². The van der Waals surface area contributed by atoms with Crippen molar-refractivity contribution in [2.45, 2.75) is 33.3 Å². The molecule has 0 aromatic rings. The maximum absolute atomic E-state index is 9.64. The molecule has 0 heterocycles. The van der Waals surface area contributed by atoms with E-state index in [2.05, 4.69) is 6.92 Å². The molecule has 13 heavy (non-hydrogen) atoms. The van der Waals surface area contributed by atoms with E-state index >= 15 is 0 Å². The fourth-order valence-electron chi connectivity index (χ4n) is 0.927. The van der Waals surface area contributed by atoms with Crippen LogP contribution in [-0.2, 0) is 0 Å². The first-order valence-corrected chi connectivity index (χ1v) is 5.75. The topological polar surface area (TPSA) is 40.5 Å². The fourth-order valence-corrected chi connectivity index (χ4v) is 1.68. The molecular formula is C10H20O2S. The van der Waals surface area contributed by atoms with Gasteiger partial charge in [0.25, 0.3) is 0 Å². The van der Waals surface area contributed by atoms with E-state index in [-0.39, 0.29) is 12.5 Å². The highest BCUT2D eigenvalue weighted by Gasteiger charge is 2.14. The van der Waals surface area contributed by atoms with Crippen molar-refractivity contribution in [2.24, 2.45) is 5.92 Å². The zero-order valence-corrected chi connectivity index (χ0v) is 9.47. The average molecular weight is 204 g/mol. The molecule has 0 bridgehead atoms. The highest BCUT2D eigenvalue weighted by molar-refractivity contribution is 8.02. The summed E-state index contributed by atoms with van der Waals surface area (Å²) in [5.41, 5.74) is 0.944. The van der Waals surface area contributed by atoms with Crippen LogP contribution in [0.1, 0.15) is 27.2 Å². The minimum Gasteiger partial charge on any atom is -0.396 e. The summed E-state index contributed by atoms with van der Waals surface area (Å²) in [5.74, 6) is 1.01. The molecule has 0 saturated carbocycles. The van der Waals surface area contributed by atoms with Gasteiger partial charge in [0, 0.05) is 12.5 Å². The third-order valence-corrected chi connectivity index (χ3v) is 3.07. The van der Waals surface area contributed by atoms with E-state index in [0.29, 0.717) is 0 Å². The summed E-state index contributed by atoms with van der Waals surface area (Å²) < 4.78 is 0. The van der Waals surface area contributed by atoms with Crippen LogP contribution in [0.25, 0.3) is 0 Å². The number of aliphatic hydroxyl groups excluding tert-OH is 2. The van der Waals surface area contributed by atoms with E-state index in [1.165, 1.54) is 0 Å². The molecule has 0 fully saturated rings. The first-order chi connectivity index (χ1) is 6.13. The fraction of sp³-hybridized carbons (Fsp3) is 0.800. The smallest absolute Gasteiger partial charge is 0.0802 e. The lowest BCUT2D eigenvalue weighted by atomic mass is 10.0. The molecule has 0 aromatic carbocycles. The zero-order valence-electron chi connectivity index (χ0n) is 8.66. The molecule has 3 heteroatoms. The van der Waals surface area contributed by atoms with E-state index < -0.39 is 6.10 Å². The lowest BCUT2D eigenvalue weighted by Gasteiger charge is -2.16. The van der Waals surface area contributed by atoms with Crippen LogP contribution in [-0.4, -0.2) is 28.7 Å². The highest BCUT2D eigenvalue weighted by atomic mass is 32.2. The van der Waals surface area contributed by atoms with Gasteiger partial charge >= 0.3 is 0 Å². The summed E-state index contributed by atoms with van der Waals surface area (Å²) in [5, 5.41) is 20.5. The van der Waals surface area contributed by atoms with Gasteiger partial charge < -0.3 is 10.2 Å². The maximum atomic E-state index is 9.64. The molecule has 0 aliphatic carbocycles. The van der Waals surface area contributed by atoms with Crippen molar-refractivity contribution in [2.75, 3.05) is 12.4 Å². The molecule has 0 unspecified atom stereocenters. The highest BCUT2D eigenvalue weighted by Crippen LogP contribution is 2.16. The Kier molecular flexibility index (Phi) is 7.42. The first kappa shape index (κ1) is 13.0. The van der Waals surface area contributed by atoms with Crippen LogP contribution < -0.4 is 0 Å². The van der Waals surface area contributed by atoms with Crippen LogP contribution in [0.2, 0.25) is 0 Å². The van der Waals surface area contributed by atoms with Gasteiger partial charge in [-0.25, -0.2) is 0 Å². The Morgan fingerprint density at radius 1 is 1.54 bits per heavy atom. The second-order valence-corrected chi connectivity index (χ2v) is 4.31. The molecule has 0 radical (unpaired) electrons. The molecular weight excluding hydrogens is 184 g/mol. The van der Waals surface area contributed by atoms with Crippen molar-refractivity contribution >= 4 is 11.8 Å². The third-order valence-electron chi connectivity index (χ3n) is 1.88.